The van der Waals surface area contributed by atoms with Gasteiger partial charge in [0.1, 0.15) is 0 Å². The highest BCUT2D eigenvalue weighted by Crippen LogP contribution is 2.36. The molecule has 5 rings (SSSR count). The summed E-state index contributed by atoms with van der Waals surface area (Å²) in [5, 5.41) is 19.0. The first-order valence-corrected chi connectivity index (χ1v) is 12.0. The predicted molar refractivity (Wildman–Crippen MR) is 124 cm³/mol. The zero-order valence-electron chi connectivity index (χ0n) is 15.8. The third kappa shape index (κ3) is 3.83. The lowest BCUT2D eigenvalue weighted by Crippen LogP contribution is -2.28. The maximum absolute atomic E-state index is 13.0. The van der Waals surface area contributed by atoms with Gasteiger partial charge in [-0.05, 0) is 33.8 Å². The molecule has 1 atom stereocenters. The molecule has 0 saturated carbocycles. The van der Waals surface area contributed by atoms with Crippen LogP contribution in [0, 0.1) is 0 Å². The van der Waals surface area contributed by atoms with Crippen LogP contribution in [-0.2, 0) is 4.79 Å². The fraction of sp³-hybridized carbons (Fsp3) is 0.143. The van der Waals surface area contributed by atoms with E-state index in [1.807, 2.05) is 23.6 Å². The van der Waals surface area contributed by atoms with E-state index < -0.39 is 0 Å². The lowest BCUT2D eigenvalue weighted by molar-refractivity contribution is -0.130. The summed E-state index contributed by atoms with van der Waals surface area (Å²) in [5.41, 5.74) is 7.61. The minimum absolute atomic E-state index is 0.0528. The van der Waals surface area contributed by atoms with Crippen molar-refractivity contribution >= 4 is 62.0 Å². The highest BCUT2D eigenvalue weighted by atomic mass is 32.2. The molecular weight excluding hydrogens is 434 g/mol. The maximum Gasteiger partial charge on any atom is 0.253 e. The molecule has 1 unspecified atom stereocenters. The molecule has 2 aromatic heterocycles. The van der Waals surface area contributed by atoms with Gasteiger partial charge in [0, 0.05) is 11.3 Å². The number of thiophene rings is 1. The van der Waals surface area contributed by atoms with Crippen LogP contribution in [0.2, 0.25) is 0 Å². The number of fused-ring (bicyclic) bond motifs is 1. The average Bonchev–Trinajstić information content (AvgIpc) is 3.52. The van der Waals surface area contributed by atoms with Crippen molar-refractivity contribution in [3.05, 3.63) is 70.4 Å². The molecule has 0 saturated heterocycles. The topological polar surface area (TPSA) is 84.5 Å². The second kappa shape index (κ2) is 8.17. The number of carbonyl (C=O) groups excluding carboxylic acids is 1. The van der Waals surface area contributed by atoms with Gasteiger partial charge in [0.05, 0.1) is 17.5 Å². The fourth-order valence-electron chi connectivity index (χ4n) is 3.45. The molecule has 2 N–H and O–H groups in total. The van der Waals surface area contributed by atoms with E-state index in [0.717, 1.165) is 16.2 Å². The SMILES string of the molecule is Nc1nnc(SCC(=O)N2N=C(c3ccc4ccccc4c3)CC2c2cccs2)s1. The fourth-order valence-corrected chi connectivity index (χ4v) is 5.75. The van der Waals surface area contributed by atoms with Crippen LogP contribution in [0.3, 0.4) is 0 Å². The van der Waals surface area contributed by atoms with E-state index in [2.05, 4.69) is 46.6 Å². The number of nitrogens with zero attached hydrogens (tertiary/aromatic N) is 4. The molecule has 3 heterocycles. The largest absolute Gasteiger partial charge is 0.374 e. The molecule has 4 aromatic rings. The Kier molecular flexibility index (Phi) is 5.24. The number of hydrogen-bond acceptors (Lipinski definition) is 8. The monoisotopic (exact) mass is 451 g/mol. The van der Waals surface area contributed by atoms with Crippen molar-refractivity contribution in [1.29, 1.82) is 0 Å². The number of nitrogens with two attached hydrogens (primary N) is 1. The van der Waals surface area contributed by atoms with Crippen LogP contribution in [0.1, 0.15) is 22.9 Å². The van der Waals surface area contributed by atoms with E-state index in [9.17, 15) is 4.79 Å². The minimum atomic E-state index is -0.0842. The third-order valence-electron chi connectivity index (χ3n) is 4.86. The van der Waals surface area contributed by atoms with Gasteiger partial charge in [-0.2, -0.15) is 5.10 Å². The first kappa shape index (κ1) is 19.2. The Hall–Kier alpha value is -2.75. The highest BCUT2D eigenvalue weighted by molar-refractivity contribution is 8.01. The number of hydrazone groups is 1. The van der Waals surface area contributed by atoms with E-state index in [1.54, 1.807) is 16.3 Å². The van der Waals surface area contributed by atoms with Crippen LogP contribution < -0.4 is 5.73 Å². The summed E-state index contributed by atoms with van der Waals surface area (Å²) in [4.78, 5) is 14.2. The molecule has 150 valence electrons. The van der Waals surface area contributed by atoms with Gasteiger partial charge in [0.15, 0.2) is 4.34 Å². The van der Waals surface area contributed by atoms with Crippen LogP contribution in [0.5, 0.6) is 0 Å². The van der Waals surface area contributed by atoms with Crippen molar-refractivity contribution in [2.45, 2.75) is 16.8 Å². The molecule has 0 radical (unpaired) electrons. The van der Waals surface area contributed by atoms with E-state index in [4.69, 9.17) is 10.8 Å². The summed E-state index contributed by atoms with van der Waals surface area (Å²) in [7, 11) is 0. The quantitative estimate of drug-likeness (QED) is 0.440. The van der Waals surface area contributed by atoms with E-state index in [1.165, 1.54) is 33.9 Å². The van der Waals surface area contributed by atoms with Gasteiger partial charge in [0.25, 0.3) is 5.91 Å². The summed E-state index contributed by atoms with van der Waals surface area (Å²) in [6.45, 7) is 0. The number of aromatic nitrogens is 2. The average molecular weight is 452 g/mol. The molecule has 6 nitrogen and oxygen atoms in total. The van der Waals surface area contributed by atoms with Crippen molar-refractivity contribution in [2.75, 3.05) is 11.5 Å². The number of hydrogen-bond donors (Lipinski definition) is 1. The van der Waals surface area contributed by atoms with Crippen LogP contribution >= 0.6 is 34.4 Å². The Morgan fingerprint density at radius 2 is 2.00 bits per heavy atom. The summed E-state index contributed by atoms with van der Waals surface area (Å²) in [6.07, 6.45) is 0.695. The molecule has 2 aromatic carbocycles. The molecule has 30 heavy (non-hydrogen) atoms. The van der Waals surface area contributed by atoms with Crippen LogP contribution in [0.25, 0.3) is 10.8 Å². The lowest BCUT2D eigenvalue weighted by Gasteiger charge is -2.20. The summed E-state index contributed by atoms with van der Waals surface area (Å²) < 4.78 is 0.687. The molecular formula is C21H17N5OS3. The Morgan fingerprint density at radius 3 is 2.77 bits per heavy atom. The van der Waals surface area contributed by atoms with Crippen molar-refractivity contribution in [3.8, 4) is 0 Å². The van der Waals surface area contributed by atoms with Crippen molar-refractivity contribution in [2.24, 2.45) is 5.10 Å². The summed E-state index contributed by atoms with van der Waals surface area (Å²) in [5.74, 6) is 0.188. The molecule has 9 heteroatoms. The van der Waals surface area contributed by atoms with E-state index in [-0.39, 0.29) is 17.7 Å². The van der Waals surface area contributed by atoms with E-state index >= 15 is 0 Å². The zero-order chi connectivity index (χ0) is 20.5. The van der Waals surface area contributed by atoms with Crippen molar-refractivity contribution < 1.29 is 4.79 Å². The van der Waals surface area contributed by atoms with Crippen LogP contribution in [0.4, 0.5) is 5.13 Å². The lowest BCUT2D eigenvalue weighted by atomic mass is 10.00. The van der Waals surface area contributed by atoms with Crippen LogP contribution in [-0.4, -0.2) is 32.6 Å². The van der Waals surface area contributed by atoms with Crippen molar-refractivity contribution in [1.82, 2.24) is 15.2 Å². The second-order valence-electron chi connectivity index (χ2n) is 6.78. The first-order chi connectivity index (χ1) is 14.7. The van der Waals surface area contributed by atoms with Gasteiger partial charge < -0.3 is 5.73 Å². The molecule has 0 fully saturated rings. The van der Waals surface area contributed by atoms with Gasteiger partial charge in [-0.3, -0.25) is 4.79 Å². The van der Waals surface area contributed by atoms with E-state index in [0.29, 0.717) is 15.9 Å². The molecule has 1 aliphatic heterocycles. The predicted octanol–water partition coefficient (Wildman–Crippen LogP) is 4.81. The number of thioether (sulfide) groups is 1. The smallest absolute Gasteiger partial charge is 0.253 e. The van der Waals surface area contributed by atoms with Crippen molar-refractivity contribution in [3.63, 3.8) is 0 Å². The maximum atomic E-state index is 13.0. The molecule has 1 amide bonds. The first-order valence-electron chi connectivity index (χ1n) is 9.31. The molecule has 0 bridgehead atoms. The second-order valence-corrected chi connectivity index (χ2v) is 9.99. The normalized spacial score (nSPS) is 16.2. The summed E-state index contributed by atoms with van der Waals surface area (Å²) in [6, 6.07) is 18.6. The number of benzene rings is 2. The number of nitrogen functional groups attached to an aromatic ring is 1. The highest BCUT2D eigenvalue weighted by Gasteiger charge is 2.33. The standard InChI is InChI=1S/C21H17N5OS3/c22-20-23-24-21(30-20)29-12-19(27)26-17(18-6-3-9-28-18)11-16(25-26)15-8-7-13-4-1-2-5-14(13)10-15/h1-10,17H,11-12H2,(H2,22,23). The van der Waals surface area contributed by atoms with Gasteiger partial charge >= 0.3 is 0 Å². The van der Waals surface area contributed by atoms with Gasteiger partial charge in [-0.15, -0.1) is 21.5 Å². The van der Waals surface area contributed by atoms with Crippen LogP contribution in [0.15, 0.2) is 69.4 Å². The Balaban J connectivity index is 1.42. The number of rotatable bonds is 5. The summed E-state index contributed by atoms with van der Waals surface area (Å²) >= 11 is 4.27. The van der Waals surface area contributed by atoms with Gasteiger partial charge in [-0.25, -0.2) is 5.01 Å². The minimum Gasteiger partial charge on any atom is -0.374 e. The van der Waals surface area contributed by atoms with Gasteiger partial charge in [0.2, 0.25) is 5.13 Å². The van der Waals surface area contributed by atoms with Gasteiger partial charge in [-0.1, -0.05) is 65.6 Å². The molecule has 0 aliphatic carbocycles. The number of anilines is 1. The Morgan fingerprint density at radius 1 is 1.13 bits per heavy atom. The Labute approximate surface area is 185 Å². The number of amides is 1. The molecule has 1 aliphatic rings. The zero-order valence-corrected chi connectivity index (χ0v) is 18.2. The number of carbonyl (C=O) groups is 1. The third-order valence-corrected chi connectivity index (χ3v) is 7.71. The Bertz CT molecular complexity index is 1230. The molecule has 0 spiro atoms.